The zero-order valence-corrected chi connectivity index (χ0v) is 19.6. The third kappa shape index (κ3) is 5.28. The Morgan fingerprint density at radius 3 is 2.18 bits per heavy atom. The van der Waals surface area contributed by atoms with Gasteiger partial charge in [-0.15, -0.1) is 11.3 Å². The van der Waals surface area contributed by atoms with Crippen molar-refractivity contribution in [1.82, 2.24) is 10.6 Å². The molecule has 0 fully saturated rings. The van der Waals surface area contributed by atoms with Crippen LogP contribution in [0.25, 0.3) is 11.1 Å². The molecule has 0 saturated heterocycles. The van der Waals surface area contributed by atoms with E-state index in [1.165, 1.54) is 4.88 Å². The van der Waals surface area contributed by atoms with Crippen molar-refractivity contribution in [1.29, 1.82) is 0 Å². The van der Waals surface area contributed by atoms with Gasteiger partial charge in [-0.3, -0.25) is 9.59 Å². The summed E-state index contributed by atoms with van der Waals surface area (Å²) in [6.45, 7) is 2.40. The Balaban J connectivity index is 1.37. The molecule has 0 spiro atoms. The monoisotopic (exact) mass is 478 g/mol. The molecule has 4 rings (SSSR count). The molecule has 176 valence electrons. The van der Waals surface area contributed by atoms with Crippen molar-refractivity contribution in [2.24, 2.45) is 0 Å². The molecule has 2 aromatic carbocycles. The number of carbonyl (C=O) groups excluding carboxylic acids is 2. The summed E-state index contributed by atoms with van der Waals surface area (Å²) < 4.78 is 5.46. The Labute approximate surface area is 201 Å². The van der Waals surface area contributed by atoms with Crippen LogP contribution in [0.2, 0.25) is 0 Å². The van der Waals surface area contributed by atoms with Gasteiger partial charge in [0.1, 0.15) is 12.6 Å². The third-order valence-corrected chi connectivity index (χ3v) is 7.06. The van der Waals surface area contributed by atoms with Gasteiger partial charge in [0.2, 0.25) is 5.91 Å². The third-order valence-electron chi connectivity index (χ3n) is 5.83. The number of nitrogens with one attached hydrogen (secondary N) is 2. The van der Waals surface area contributed by atoms with Gasteiger partial charge in [0.15, 0.2) is 0 Å². The molecule has 2 amide bonds. The van der Waals surface area contributed by atoms with Crippen LogP contribution in [0, 0.1) is 0 Å². The molecule has 1 aliphatic carbocycles. The van der Waals surface area contributed by atoms with Crippen LogP contribution in [0.5, 0.6) is 0 Å². The maximum Gasteiger partial charge on any atom is 0.407 e. The van der Waals surface area contributed by atoms with Crippen LogP contribution in [0.1, 0.15) is 40.1 Å². The lowest BCUT2D eigenvalue weighted by molar-refractivity contribution is -0.139. The Bertz CT molecular complexity index is 1160. The number of carboxylic acid groups (broad SMARTS) is 1. The highest BCUT2D eigenvalue weighted by molar-refractivity contribution is 7.11. The molecule has 1 unspecified atom stereocenters. The number of amides is 2. The normalized spacial score (nSPS) is 13.0. The van der Waals surface area contributed by atoms with Crippen molar-refractivity contribution in [3.8, 4) is 11.1 Å². The topological polar surface area (TPSA) is 105 Å². The number of fused-ring (bicyclic) bond motifs is 3. The van der Waals surface area contributed by atoms with E-state index in [0.29, 0.717) is 0 Å². The summed E-state index contributed by atoms with van der Waals surface area (Å²) in [6, 6.07) is 18.6. The maximum atomic E-state index is 12.6. The summed E-state index contributed by atoms with van der Waals surface area (Å²) in [5.41, 5.74) is 4.35. The van der Waals surface area contributed by atoms with Gasteiger partial charge in [0.25, 0.3) is 0 Å². The number of hydrogen-bond donors (Lipinski definition) is 3. The summed E-state index contributed by atoms with van der Waals surface area (Å²) in [5, 5.41) is 14.3. The molecular weight excluding hydrogens is 452 g/mol. The minimum absolute atomic E-state index is 0.0796. The molecule has 34 heavy (non-hydrogen) atoms. The molecule has 1 aliphatic rings. The average Bonchev–Trinajstić information content (AvgIpc) is 3.43. The number of carbonyl (C=O) groups is 3. The molecule has 3 aromatic rings. The molecule has 7 nitrogen and oxygen atoms in total. The zero-order chi connectivity index (χ0) is 24.1. The first-order valence-corrected chi connectivity index (χ1v) is 12.0. The van der Waals surface area contributed by atoms with Gasteiger partial charge < -0.3 is 20.5 Å². The maximum absolute atomic E-state index is 12.6. The number of carboxylic acids is 1. The molecule has 0 radical (unpaired) electrons. The number of benzene rings is 2. The standard InChI is InChI=1S/C26H26N2O5S/c1-2-16-11-12-17(34-16)14-27-25(31)23(13-24(29)30)28-26(32)33-15-22-20-9-5-3-7-18(20)19-8-4-6-10-21(19)22/h3-12,22-23H,2,13-15H2,1H3,(H,27,31)(H,28,32)(H,29,30). The number of ether oxygens (including phenoxy) is 1. The van der Waals surface area contributed by atoms with Gasteiger partial charge >= 0.3 is 12.1 Å². The van der Waals surface area contributed by atoms with E-state index in [-0.39, 0.29) is 19.1 Å². The van der Waals surface area contributed by atoms with E-state index in [1.54, 1.807) is 11.3 Å². The number of thiophene rings is 1. The molecule has 0 saturated carbocycles. The molecule has 0 bridgehead atoms. The first kappa shape index (κ1) is 23.5. The van der Waals surface area contributed by atoms with Crippen molar-refractivity contribution < 1.29 is 24.2 Å². The van der Waals surface area contributed by atoms with Crippen LogP contribution in [0.3, 0.4) is 0 Å². The summed E-state index contributed by atoms with van der Waals surface area (Å²) in [6.07, 6.45) is -0.461. The fourth-order valence-corrected chi connectivity index (χ4v) is 5.07. The second-order valence-electron chi connectivity index (χ2n) is 8.06. The van der Waals surface area contributed by atoms with Crippen molar-refractivity contribution in [2.75, 3.05) is 6.61 Å². The lowest BCUT2D eigenvalue weighted by Gasteiger charge is -2.18. The van der Waals surface area contributed by atoms with Gasteiger partial charge in [-0.1, -0.05) is 55.5 Å². The first-order valence-electron chi connectivity index (χ1n) is 11.1. The highest BCUT2D eigenvalue weighted by Crippen LogP contribution is 2.44. The van der Waals surface area contributed by atoms with Crippen LogP contribution in [0.15, 0.2) is 60.7 Å². The predicted molar refractivity (Wildman–Crippen MR) is 130 cm³/mol. The molecule has 1 atom stereocenters. The molecule has 3 N–H and O–H groups in total. The fraction of sp³-hybridized carbons (Fsp3) is 0.269. The van der Waals surface area contributed by atoms with Crippen LogP contribution in [-0.2, 0) is 27.3 Å². The Morgan fingerprint density at radius 2 is 1.59 bits per heavy atom. The van der Waals surface area contributed by atoms with E-state index in [0.717, 1.165) is 33.6 Å². The number of hydrogen-bond acceptors (Lipinski definition) is 5. The van der Waals surface area contributed by atoms with Gasteiger partial charge in [-0.2, -0.15) is 0 Å². The lowest BCUT2D eigenvalue weighted by Crippen LogP contribution is -2.47. The number of alkyl carbamates (subject to hydrolysis) is 1. The van der Waals surface area contributed by atoms with Crippen LogP contribution in [0.4, 0.5) is 4.79 Å². The van der Waals surface area contributed by atoms with Crippen LogP contribution < -0.4 is 10.6 Å². The second kappa shape index (κ2) is 10.5. The molecule has 8 heteroatoms. The van der Waals surface area contributed by atoms with E-state index in [1.807, 2.05) is 60.7 Å². The highest BCUT2D eigenvalue weighted by Gasteiger charge is 2.30. The van der Waals surface area contributed by atoms with Gasteiger partial charge in [-0.05, 0) is 40.8 Å². The molecular formula is C26H26N2O5S. The summed E-state index contributed by atoms with van der Waals surface area (Å²) in [7, 11) is 0. The summed E-state index contributed by atoms with van der Waals surface area (Å²) >= 11 is 1.58. The van der Waals surface area contributed by atoms with Gasteiger partial charge in [-0.25, -0.2) is 4.79 Å². The summed E-state index contributed by atoms with van der Waals surface area (Å²) in [4.78, 5) is 38.6. The highest BCUT2D eigenvalue weighted by atomic mass is 32.1. The summed E-state index contributed by atoms with van der Waals surface area (Å²) in [5.74, 6) is -1.89. The molecule has 1 heterocycles. The van der Waals surface area contributed by atoms with Crippen molar-refractivity contribution in [3.63, 3.8) is 0 Å². The Kier molecular flexibility index (Phi) is 7.27. The average molecular weight is 479 g/mol. The Hall–Kier alpha value is -3.65. The minimum atomic E-state index is -1.24. The first-order chi connectivity index (χ1) is 16.5. The van der Waals surface area contributed by atoms with Crippen molar-refractivity contribution >= 4 is 29.3 Å². The van der Waals surface area contributed by atoms with Crippen molar-refractivity contribution in [2.45, 2.75) is 38.3 Å². The van der Waals surface area contributed by atoms with Crippen LogP contribution in [-0.4, -0.2) is 35.7 Å². The Morgan fingerprint density at radius 1 is 0.971 bits per heavy atom. The van der Waals surface area contributed by atoms with E-state index in [4.69, 9.17) is 4.74 Å². The van der Waals surface area contributed by atoms with E-state index in [2.05, 4.69) is 17.6 Å². The lowest BCUT2D eigenvalue weighted by atomic mass is 9.98. The van der Waals surface area contributed by atoms with Gasteiger partial charge in [0.05, 0.1) is 13.0 Å². The fourth-order valence-electron chi connectivity index (χ4n) is 4.17. The SMILES string of the molecule is CCc1ccc(CNC(=O)C(CC(=O)O)NC(=O)OCC2c3ccccc3-c3ccccc32)s1. The molecule has 1 aromatic heterocycles. The van der Waals surface area contributed by atoms with E-state index < -0.39 is 30.4 Å². The zero-order valence-electron chi connectivity index (χ0n) is 18.7. The van der Waals surface area contributed by atoms with E-state index in [9.17, 15) is 19.5 Å². The van der Waals surface area contributed by atoms with Gasteiger partial charge in [0, 0.05) is 15.7 Å². The van der Waals surface area contributed by atoms with Crippen LogP contribution >= 0.6 is 11.3 Å². The second-order valence-corrected chi connectivity index (χ2v) is 9.31. The predicted octanol–water partition coefficient (Wildman–Crippen LogP) is 4.31. The number of aliphatic carboxylic acids is 1. The number of rotatable bonds is 9. The largest absolute Gasteiger partial charge is 0.481 e. The minimum Gasteiger partial charge on any atom is -0.481 e. The van der Waals surface area contributed by atoms with Crippen molar-refractivity contribution in [3.05, 3.63) is 81.5 Å². The van der Waals surface area contributed by atoms with E-state index >= 15 is 0 Å². The quantitative estimate of drug-likeness (QED) is 0.425. The smallest absolute Gasteiger partial charge is 0.407 e. The molecule has 0 aliphatic heterocycles. The number of aryl methyl sites for hydroxylation is 1.